The van der Waals surface area contributed by atoms with Gasteiger partial charge in [-0.15, -0.1) is 11.3 Å². The van der Waals surface area contributed by atoms with Crippen LogP contribution < -0.4 is 5.32 Å². The number of hydrogen-bond donors (Lipinski definition) is 2. The zero-order valence-electron chi connectivity index (χ0n) is 12.4. The number of ether oxygens (including phenoxy) is 1. The number of thiazole rings is 1. The quantitative estimate of drug-likeness (QED) is 0.895. The van der Waals surface area contributed by atoms with Crippen molar-refractivity contribution in [1.29, 1.82) is 0 Å². The Morgan fingerprint density at radius 2 is 2.29 bits per heavy atom. The Labute approximate surface area is 128 Å². The third-order valence-electron chi connectivity index (χ3n) is 4.62. The van der Waals surface area contributed by atoms with E-state index in [2.05, 4.69) is 17.2 Å². The third kappa shape index (κ3) is 3.21. The Morgan fingerprint density at radius 1 is 1.52 bits per heavy atom. The molecule has 6 heteroatoms. The minimum absolute atomic E-state index is 0.247. The molecule has 1 unspecified atom stereocenters. The van der Waals surface area contributed by atoms with Gasteiger partial charge in [0.2, 0.25) is 0 Å². The number of carboxylic acids is 1. The molecule has 2 heterocycles. The molecule has 21 heavy (non-hydrogen) atoms. The highest BCUT2D eigenvalue weighted by Gasteiger charge is 2.31. The number of nitrogens with one attached hydrogen (secondary N) is 1. The van der Waals surface area contributed by atoms with Gasteiger partial charge in [0.15, 0.2) is 5.13 Å². The molecule has 0 aromatic carbocycles. The SMILES string of the molecule is CC1(CNc2nc3c(s2)CCCC3C(=O)O)CCOCC1. The highest BCUT2D eigenvalue weighted by Crippen LogP contribution is 2.37. The largest absolute Gasteiger partial charge is 0.481 e. The van der Waals surface area contributed by atoms with Gasteiger partial charge in [0, 0.05) is 24.6 Å². The van der Waals surface area contributed by atoms with Crippen molar-refractivity contribution in [2.24, 2.45) is 5.41 Å². The van der Waals surface area contributed by atoms with Gasteiger partial charge in [0.05, 0.1) is 5.69 Å². The van der Waals surface area contributed by atoms with E-state index in [-0.39, 0.29) is 5.41 Å². The second kappa shape index (κ2) is 5.93. The van der Waals surface area contributed by atoms with Gasteiger partial charge < -0.3 is 15.2 Å². The van der Waals surface area contributed by atoms with Crippen LogP contribution in [0.25, 0.3) is 0 Å². The number of aromatic nitrogens is 1. The van der Waals surface area contributed by atoms with Crippen LogP contribution >= 0.6 is 11.3 Å². The first kappa shape index (κ1) is 14.8. The predicted octanol–water partition coefficient (Wildman–Crippen LogP) is 2.88. The summed E-state index contributed by atoms with van der Waals surface area (Å²) in [6.07, 6.45) is 4.73. The fourth-order valence-electron chi connectivity index (χ4n) is 3.06. The highest BCUT2D eigenvalue weighted by atomic mass is 32.1. The van der Waals surface area contributed by atoms with Crippen LogP contribution in [-0.4, -0.2) is 35.8 Å². The number of hydrogen-bond acceptors (Lipinski definition) is 5. The van der Waals surface area contributed by atoms with Gasteiger partial charge in [-0.05, 0) is 37.5 Å². The van der Waals surface area contributed by atoms with Crippen molar-refractivity contribution in [1.82, 2.24) is 4.98 Å². The van der Waals surface area contributed by atoms with Crippen LogP contribution in [0.15, 0.2) is 0 Å². The van der Waals surface area contributed by atoms with Gasteiger partial charge in [-0.2, -0.15) is 0 Å². The van der Waals surface area contributed by atoms with Crippen LogP contribution in [0.5, 0.6) is 0 Å². The lowest BCUT2D eigenvalue weighted by Gasteiger charge is -2.33. The van der Waals surface area contributed by atoms with Crippen molar-refractivity contribution in [2.75, 3.05) is 25.1 Å². The summed E-state index contributed by atoms with van der Waals surface area (Å²) in [7, 11) is 0. The van der Waals surface area contributed by atoms with Crippen LogP contribution in [0.3, 0.4) is 0 Å². The number of carboxylic acid groups (broad SMARTS) is 1. The summed E-state index contributed by atoms with van der Waals surface area (Å²) < 4.78 is 5.42. The number of carbonyl (C=O) groups is 1. The number of nitrogens with zero attached hydrogens (tertiary/aromatic N) is 1. The van der Waals surface area contributed by atoms with Crippen LogP contribution in [0.2, 0.25) is 0 Å². The number of anilines is 1. The maximum Gasteiger partial charge on any atom is 0.312 e. The van der Waals surface area contributed by atoms with Gasteiger partial charge in [0.1, 0.15) is 5.92 Å². The molecule has 2 N–H and O–H groups in total. The van der Waals surface area contributed by atoms with E-state index in [1.165, 1.54) is 0 Å². The molecule has 0 amide bonds. The van der Waals surface area contributed by atoms with Crippen molar-refractivity contribution in [3.05, 3.63) is 10.6 Å². The predicted molar refractivity (Wildman–Crippen MR) is 82.1 cm³/mol. The Kier molecular flexibility index (Phi) is 4.17. The van der Waals surface area contributed by atoms with Crippen LogP contribution in [-0.2, 0) is 16.0 Å². The van der Waals surface area contributed by atoms with Gasteiger partial charge in [-0.25, -0.2) is 4.98 Å². The highest BCUT2D eigenvalue weighted by molar-refractivity contribution is 7.15. The summed E-state index contributed by atoms with van der Waals surface area (Å²) in [6, 6.07) is 0. The molecule has 0 bridgehead atoms. The second-order valence-electron chi connectivity index (χ2n) is 6.39. The first-order valence-corrected chi connectivity index (χ1v) is 8.43. The standard InChI is InChI=1S/C15H22N2O3S/c1-15(5-7-20-8-6-15)9-16-14-17-12-10(13(18)19)3-2-4-11(12)21-14/h10H,2-9H2,1H3,(H,16,17)(H,18,19). The monoisotopic (exact) mass is 310 g/mol. The van der Waals surface area contributed by atoms with Crippen molar-refractivity contribution in [3.8, 4) is 0 Å². The number of fused-ring (bicyclic) bond motifs is 1. The van der Waals surface area contributed by atoms with Gasteiger partial charge in [0.25, 0.3) is 0 Å². The van der Waals surface area contributed by atoms with Crippen LogP contribution in [0.1, 0.15) is 49.1 Å². The fraction of sp³-hybridized carbons (Fsp3) is 0.733. The minimum atomic E-state index is -0.746. The number of aryl methyl sites for hydroxylation is 1. The van der Waals surface area contributed by atoms with Crippen LogP contribution in [0.4, 0.5) is 5.13 Å². The molecular weight excluding hydrogens is 288 g/mol. The Morgan fingerprint density at radius 3 is 3.00 bits per heavy atom. The van der Waals surface area contributed by atoms with Crippen molar-refractivity contribution in [3.63, 3.8) is 0 Å². The zero-order valence-corrected chi connectivity index (χ0v) is 13.2. The summed E-state index contributed by atoms with van der Waals surface area (Å²) in [5, 5.41) is 13.6. The molecule has 1 aromatic heterocycles. The fourth-order valence-corrected chi connectivity index (χ4v) is 4.12. The van der Waals surface area contributed by atoms with E-state index in [1.807, 2.05) is 0 Å². The van der Waals surface area contributed by atoms with E-state index < -0.39 is 11.9 Å². The Hall–Kier alpha value is -1.14. The normalized spacial score (nSPS) is 24.3. The van der Waals surface area contributed by atoms with E-state index in [9.17, 15) is 9.90 Å². The summed E-state index contributed by atoms with van der Waals surface area (Å²) >= 11 is 1.63. The number of rotatable bonds is 4. The molecule has 1 aromatic rings. The van der Waals surface area contributed by atoms with Crippen molar-refractivity contribution in [2.45, 2.75) is 44.9 Å². The summed E-state index contributed by atoms with van der Waals surface area (Å²) in [5.41, 5.74) is 1.04. The molecule has 0 spiro atoms. The van der Waals surface area contributed by atoms with E-state index in [4.69, 9.17) is 4.74 Å². The molecule has 0 saturated carbocycles. The van der Waals surface area contributed by atoms with Gasteiger partial charge in [-0.3, -0.25) is 4.79 Å². The van der Waals surface area contributed by atoms with Gasteiger partial charge >= 0.3 is 5.97 Å². The molecule has 5 nitrogen and oxygen atoms in total. The Bertz CT molecular complexity index is 523. The topological polar surface area (TPSA) is 71.5 Å². The molecule has 0 radical (unpaired) electrons. The van der Waals surface area contributed by atoms with Crippen molar-refractivity contribution < 1.29 is 14.6 Å². The lowest BCUT2D eigenvalue weighted by molar-refractivity contribution is -0.139. The summed E-state index contributed by atoms with van der Waals surface area (Å²) in [6.45, 7) is 4.80. The van der Waals surface area contributed by atoms with E-state index in [0.717, 1.165) is 61.1 Å². The molecule has 2 aliphatic rings. The zero-order chi connectivity index (χ0) is 14.9. The number of aliphatic carboxylic acids is 1. The molecule has 1 saturated heterocycles. The van der Waals surface area contributed by atoms with Crippen LogP contribution in [0, 0.1) is 5.41 Å². The summed E-state index contributed by atoms with van der Waals surface area (Å²) in [5.74, 6) is -1.16. The Balaban J connectivity index is 1.68. The molecular formula is C15H22N2O3S. The average molecular weight is 310 g/mol. The second-order valence-corrected chi connectivity index (χ2v) is 7.47. The molecule has 1 fully saturated rings. The first-order valence-electron chi connectivity index (χ1n) is 7.61. The average Bonchev–Trinajstić information content (AvgIpc) is 2.88. The van der Waals surface area contributed by atoms with Crippen molar-refractivity contribution >= 4 is 22.4 Å². The van der Waals surface area contributed by atoms with E-state index >= 15 is 0 Å². The minimum Gasteiger partial charge on any atom is -0.481 e. The van der Waals surface area contributed by atoms with E-state index in [0.29, 0.717) is 6.42 Å². The van der Waals surface area contributed by atoms with Gasteiger partial charge in [-0.1, -0.05) is 6.92 Å². The maximum atomic E-state index is 11.3. The lowest BCUT2D eigenvalue weighted by atomic mass is 9.82. The van der Waals surface area contributed by atoms with E-state index in [1.54, 1.807) is 11.3 Å². The lowest BCUT2D eigenvalue weighted by Crippen LogP contribution is -2.33. The molecule has 1 atom stereocenters. The molecule has 116 valence electrons. The molecule has 3 rings (SSSR count). The maximum absolute atomic E-state index is 11.3. The summed E-state index contributed by atoms with van der Waals surface area (Å²) in [4.78, 5) is 17.0. The molecule has 1 aliphatic heterocycles. The smallest absolute Gasteiger partial charge is 0.312 e. The third-order valence-corrected chi connectivity index (χ3v) is 5.71. The molecule has 1 aliphatic carbocycles. The first-order chi connectivity index (χ1) is 10.1.